The third-order valence-corrected chi connectivity index (χ3v) is 2.52. The van der Waals surface area contributed by atoms with Crippen molar-refractivity contribution in [2.75, 3.05) is 24.2 Å². The molecule has 90 valence electrons. The number of aromatic nitrogens is 2. The van der Waals surface area contributed by atoms with Crippen LogP contribution in [-0.4, -0.2) is 23.6 Å². The van der Waals surface area contributed by atoms with Crippen LogP contribution in [0.2, 0.25) is 0 Å². The van der Waals surface area contributed by atoms with Crippen molar-refractivity contribution in [1.29, 1.82) is 0 Å². The third-order valence-electron chi connectivity index (χ3n) is 2.52. The number of hydrogen-bond donors (Lipinski definition) is 2. The molecular formula is C12H22N4. The first-order chi connectivity index (χ1) is 7.77. The van der Waals surface area contributed by atoms with Crippen LogP contribution in [0, 0.1) is 6.92 Å². The van der Waals surface area contributed by atoms with Crippen LogP contribution in [0.5, 0.6) is 0 Å². The Morgan fingerprint density at radius 3 is 2.75 bits per heavy atom. The average molecular weight is 222 g/mol. The first kappa shape index (κ1) is 12.7. The van der Waals surface area contributed by atoms with E-state index < -0.39 is 0 Å². The fourth-order valence-corrected chi connectivity index (χ4v) is 1.50. The minimum atomic E-state index is 0.668. The topological polar surface area (TPSA) is 49.8 Å². The molecule has 0 unspecified atom stereocenters. The number of anilines is 2. The molecule has 0 saturated heterocycles. The van der Waals surface area contributed by atoms with E-state index >= 15 is 0 Å². The Bertz CT molecular complexity index is 312. The number of aryl methyl sites for hydroxylation is 1. The van der Waals surface area contributed by atoms with Crippen LogP contribution >= 0.6 is 0 Å². The van der Waals surface area contributed by atoms with Crippen LogP contribution in [0.1, 0.15) is 38.2 Å². The molecule has 0 aromatic carbocycles. The molecule has 0 aliphatic heterocycles. The van der Waals surface area contributed by atoms with Gasteiger partial charge in [0.2, 0.25) is 5.95 Å². The molecule has 0 bridgehead atoms. The molecule has 16 heavy (non-hydrogen) atoms. The summed E-state index contributed by atoms with van der Waals surface area (Å²) in [6, 6.07) is 0. The summed E-state index contributed by atoms with van der Waals surface area (Å²) in [5.41, 5.74) is 1.09. The van der Waals surface area contributed by atoms with E-state index in [1.165, 1.54) is 25.7 Å². The first-order valence-corrected chi connectivity index (χ1v) is 6.03. The van der Waals surface area contributed by atoms with Crippen LogP contribution < -0.4 is 10.6 Å². The zero-order chi connectivity index (χ0) is 11.8. The molecule has 1 heterocycles. The molecule has 2 N–H and O–H groups in total. The summed E-state index contributed by atoms with van der Waals surface area (Å²) in [6.45, 7) is 5.23. The van der Waals surface area contributed by atoms with Gasteiger partial charge >= 0.3 is 0 Å². The normalized spacial score (nSPS) is 10.2. The minimum Gasteiger partial charge on any atom is -0.370 e. The van der Waals surface area contributed by atoms with Crippen LogP contribution in [0.25, 0.3) is 0 Å². The van der Waals surface area contributed by atoms with Gasteiger partial charge in [0, 0.05) is 25.4 Å². The van der Waals surface area contributed by atoms with Crippen molar-refractivity contribution in [2.24, 2.45) is 0 Å². The monoisotopic (exact) mass is 222 g/mol. The summed E-state index contributed by atoms with van der Waals surface area (Å²) >= 11 is 0. The van der Waals surface area contributed by atoms with E-state index in [1.807, 2.05) is 20.2 Å². The lowest BCUT2D eigenvalue weighted by atomic mass is 10.2. The van der Waals surface area contributed by atoms with Gasteiger partial charge in [0.15, 0.2) is 0 Å². The van der Waals surface area contributed by atoms with Crippen LogP contribution in [0.3, 0.4) is 0 Å². The Morgan fingerprint density at radius 1 is 1.25 bits per heavy atom. The van der Waals surface area contributed by atoms with Crippen molar-refractivity contribution in [3.63, 3.8) is 0 Å². The Labute approximate surface area is 97.9 Å². The zero-order valence-electron chi connectivity index (χ0n) is 10.5. The van der Waals surface area contributed by atoms with Crippen molar-refractivity contribution in [3.05, 3.63) is 11.8 Å². The van der Waals surface area contributed by atoms with Crippen molar-refractivity contribution in [1.82, 2.24) is 9.97 Å². The minimum absolute atomic E-state index is 0.668. The molecule has 0 aliphatic rings. The summed E-state index contributed by atoms with van der Waals surface area (Å²) in [5.74, 6) is 1.61. The fourth-order valence-electron chi connectivity index (χ4n) is 1.50. The van der Waals surface area contributed by atoms with Crippen molar-refractivity contribution < 1.29 is 0 Å². The Morgan fingerprint density at radius 2 is 2.06 bits per heavy atom. The highest BCUT2D eigenvalue weighted by molar-refractivity contribution is 5.46. The molecule has 1 aromatic heterocycles. The van der Waals surface area contributed by atoms with Gasteiger partial charge in [-0.05, 0) is 13.3 Å². The molecule has 0 atom stereocenters. The summed E-state index contributed by atoms with van der Waals surface area (Å²) in [7, 11) is 1.83. The number of hydrogen-bond acceptors (Lipinski definition) is 4. The van der Waals surface area contributed by atoms with E-state index in [1.54, 1.807) is 0 Å². The van der Waals surface area contributed by atoms with Crippen LogP contribution in [0.4, 0.5) is 11.8 Å². The Balaban J connectivity index is 2.40. The average Bonchev–Trinajstić information content (AvgIpc) is 2.31. The lowest BCUT2D eigenvalue weighted by Crippen LogP contribution is -2.07. The quantitative estimate of drug-likeness (QED) is 0.696. The molecule has 1 aromatic rings. The van der Waals surface area contributed by atoms with Gasteiger partial charge in [0.25, 0.3) is 0 Å². The van der Waals surface area contributed by atoms with E-state index in [-0.39, 0.29) is 0 Å². The molecule has 0 fully saturated rings. The SMILES string of the molecule is CCCCCCNc1nc(NC)ncc1C. The predicted molar refractivity (Wildman–Crippen MR) is 68.9 cm³/mol. The van der Waals surface area contributed by atoms with E-state index in [0.29, 0.717) is 5.95 Å². The molecule has 0 radical (unpaired) electrons. The lowest BCUT2D eigenvalue weighted by Gasteiger charge is -2.09. The summed E-state index contributed by atoms with van der Waals surface area (Å²) < 4.78 is 0. The van der Waals surface area contributed by atoms with Crippen molar-refractivity contribution in [2.45, 2.75) is 39.5 Å². The summed E-state index contributed by atoms with van der Waals surface area (Å²) in [6.07, 6.45) is 6.91. The van der Waals surface area contributed by atoms with Gasteiger partial charge in [0.05, 0.1) is 0 Å². The number of nitrogens with zero attached hydrogens (tertiary/aromatic N) is 2. The van der Waals surface area contributed by atoms with Crippen LogP contribution in [0.15, 0.2) is 6.20 Å². The molecule has 0 aliphatic carbocycles. The molecule has 1 rings (SSSR count). The molecule has 4 nitrogen and oxygen atoms in total. The highest BCUT2D eigenvalue weighted by Crippen LogP contribution is 2.12. The summed E-state index contributed by atoms with van der Waals surface area (Å²) in [5, 5.41) is 6.30. The summed E-state index contributed by atoms with van der Waals surface area (Å²) in [4.78, 5) is 8.53. The third kappa shape index (κ3) is 4.04. The van der Waals surface area contributed by atoms with E-state index in [2.05, 4.69) is 27.5 Å². The standard InChI is InChI=1S/C12H22N4/c1-4-5-6-7-8-14-11-10(2)9-15-12(13-3)16-11/h9H,4-8H2,1-3H3,(H2,13,14,15,16). The van der Waals surface area contributed by atoms with Gasteiger partial charge < -0.3 is 10.6 Å². The predicted octanol–water partition coefficient (Wildman–Crippen LogP) is 2.82. The van der Waals surface area contributed by atoms with Crippen molar-refractivity contribution in [3.8, 4) is 0 Å². The molecule has 0 saturated carbocycles. The number of rotatable bonds is 7. The largest absolute Gasteiger partial charge is 0.370 e. The number of nitrogens with one attached hydrogen (secondary N) is 2. The van der Waals surface area contributed by atoms with E-state index in [9.17, 15) is 0 Å². The fraction of sp³-hybridized carbons (Fsp3) is 0.667. The maximum atomic E-state index is 4.38. The van der Waals surface area contributed by atoms with E-state index in [4.69, 9.17) is 0 Å². The molecular weight excluding hydrogens is 200 g/mol. The van der Waals surface area contributed by atoms with Gasteiger partial charge in [-0.25, -0.2) is 4.98 Å². The van der Waals surface area contributed by atoms with E-state index in [0.717, 1.165) is 17.9 Å². The van der Waals surface area contributed by atoms with Gasteiger partial charge in [0.1, 0.15) is 5.82 Å². The zero-order valence-corrected chi connectivity index (χ0v) is 10.5. The smallest absolute Gasteiger partial charge is 0.224 e. The number of unbranched alkanes of at least 4 members (excludes halogenated alkanes) is 3. The van der Waals surface area contributed by atoms with Gasteiger partial charge in [-0.2, -0.15) is 4.98 Å². The maximum absolute atomic E-state index is 4.38. The second-order valence-electron chi connectivity index (χ2n) is 3.96. The lowest BCUT2D eigenvalue weighted by molar-refractivity contribution is 0.684. The van der Waals surface area contributed by atoms with Gasteiger partial charge in [-0.15, -0.1) is 0 Å². The second kappa shape index (κ2) is 7.04. The second-order valence-corrected chi connectivity index (χ2v) is 3.96. The van der Waals surface area contributed by atoms with Gasteiger partial charge in [-0.3, -0.25) is 0 Å². The highest BCUT2D eigenvalue weighted by Gasteiger charge is 2.01. The Kier molecular flexibility index (Phi) is 5.61. The van der Waals surface area contributed by atoms with Crippen molar-refractivity contribution >= 4 is 11.8 Å². The highest BCUT2D eigenvalue weighted by atomic mass is 15.1. The maximum Gasteiger partial charge on any atom is 0.224 e. The molecule has 0 amide bonds. The Hall–Kier alpha value is -1.32. The van der Waals surface area contributed by atoms with Crippen LogP contribution in [-0.2, 0) is 0 Å². The first-order valence-electron chi connectivity index (χ1n) is 6.03. The molecule has 0 spiro atoms. The molecule has 4 heteroatoms. The van der Waals surface area contributed by atoms with Gasteiger partial charge in [-0.1, -0.05) is 26.2 Å².